The number of nitrogens with zero attached hydrogens (tertiary/aromatic N) is 2. The van der Waals surface area contributed by atoms with E-state index in [1.807, 2.05) is 6.92 Å². The van der Waals surface area contributed by atoms with Crippen molar-refractivity contribution in [1.29, 1.82) is 0 Å². The molecule has 13 nitrogen and oxygen atoms in total. The molecule has 0 spiro atoms. The Morgan fingerprint density at radius 3 is 2.58 bits per heavy atom. The number of carbonyl (C=O) groups is 4. The number of aliphatic carboxylic acids is 1. The highest BCUT2D eigenvalue weighted by molar-refractivity contribution is 8.03. The van der Waals surface area contributed by atoms with Crippen molar-refractivity contribution in [2.24, 2.45) is 17.6 Å². The first-order chi connectivity index (χ1) is 17.9. The molecule has 4 fully saturated rings. The Morgan fingerprint density at radius 2 is 1.97 bits per heavy atom. The molecule has 4 saturated heterocycles. The second kappa shape index (κ2) is 10.1. The summed E-state index contributed by atoms with van der Waals surface area (Å²) in [5, 5.41) is 18.7. The SMILES string of the molecule is C[C@@H](NC(=O)[C@H]1CS(=O)(=O)CN1)[C@H]1C(=O)N2C(C(=O)O)=C(S[C@@H]3CN[C@H](C(=O)N4CC[C@H](N)C4)C3)[C@H](C)[C@H]12. The van der Waals surface area contributed by atoms with Crippen molar-refractivity contribution in [1.82, 2.24) is 25.8 Å². The van der Waals surface area contributed by atoms with Gasteiger partial charge >= 0.3 is 5.97 Å². The van der Waals surface area contributed by atoms with Gasteiger partial charge in [-0.2, -0.15) is 0 Å². The molecule has 38 heavy (non-hydrogen) atoms. The number of amides is 3. The van der Waals surface area contributed by atoms with Crippen LogP contribution in [0.1, 0.15) is 26.7 Å². The van der Waals surface area contributed by atoms with Gasteiger partial charge in [-0.3, -0.25) is 19.7 Å². The predicted molar refractivity (Wildman–Crippen MR) is 138 cm³/mol. The Labute approximate surface area is 225 Å². The molecule has 15 heteroatoms. The topological polar surface area (TPSA) is 191 Å². The number of hydrogen-bond donors (Lipinski definition) is 5. The highest BCUT2D eigenvalue weighted by Crippen LogP contribution is 2.51. The van der Waals surface area contributed by atoms with Crippen LogP contribution in [0.4, 0.5) is 0 Å². The largest absolute Gasteiger partial charge is 0.477 e. The number of carbonyl (C=O) groups excluding carboxylic acids is 3. The maximum absolute atomic E-state index is 13.1. The molecule has 5 rings (SSSR count). The summed E-state index contributed by atoms with van der Waals surface area (Å²) in [7, 11) is -3.33. The monoisotopic (exact) mass is 570 g/mol. The van der Waals surface area contributed by atoms with Crippen LogP contribution in [0.25, 0.3) is 0 Å². The summed E-state index contributed by atoms with van der Waals surface area (Å²) in [6.45, 7) is 5.28. The predicted octanol–water partition coefficient (Wildman–Crippen LogP) is -2.37. The van der Waals surface area contributed by atoms with Gasteiger partial charge in [-0.25, -0.2) is 13.2 Å². The summed E-state index contributed by atoms with van der Waals surface area (Å²) in [6, 6.07) is -2.26. The Balaban J connectivity index is 1.24. The van der Waals surface area contributed by atoms with E-state index in [9.17, 15) is 32.7 Å². The van der Waals surface area contributed by atoms with E-state index in [4.69, 9.17) is 5.73 Å². The average molecular weight is 571 g/mol. The molecule has 0 radical (unpaired) electrons. The first-order valence-electron chi connectivity index (χ1n) is 12.9. The number of fused-ring (bicyclic) bond motifs is 1. The van der Waals surface area contributed by atoms with Crippen LogP contribution in [0.15, 0.2) is 10.6 Å². The van der Waals surface area contributed by atoms with Crippen LogP contribution in [0.3, 0.4) is 0 Å². The van der Waals surface area contributed by atoms with E-state index in [1.54, 1.807) is 11.8 Å². The van der Waals surface area contributed by atoms with Crippen molar-refractivity contribution in [2.75, 3.05) is 31.3 Å². The number of nitrogens with one attached hydrogen (secondary N) is 3. The third kappa shape index (κ3) is 4.83. The van der Waals surface area contributed by atoms with Crippen LogP contribution in [0.5, 0.6) is 0 Å². The van der Waals surface area contributed by atoms with Crippen LogP contribution < -0.4 is 21.7 Å². The number of likely N-dealkylation sites (tertiary alicyclic amines) is 1. The van der Waals surface area contributed by atoms with Gasteiger partial charge in [0.15, 0.2) is 9.84 Å². The zero-order valence-corrected chi connectivity index (χ0v) is 22.9. The van der Waals surface area contributed by atoms with E-state index in [-0.39, 0.29) is 52.4 Å². The minimum atomic E-state index is -3.33. The highest BCUT2D eigenvalue weighted by Gasteiger charge is 2.60. The molecule has 5 heterocycles. The standard InChI is InChI=1S/C23H34N6O7S2/c1-10-17-16(11(2)27-20(30)15-8-38(35,36)9-26-15)22(32)29(17)18(23(33)34)19(10)37-13-5-14(25-6-13)21(31)28-4-3-12(24)7-28/h10-17,25-26H,3-9,24H2,1-2H3,(H,27,30)(H,33,34)/t10-,11-,12+,13+,14+,15-,16-,17-/m1/s1. The average Bonchev–Trinajstić information content (AvgIpc) is 3.61. The molecule has 0 aromatic heterocycles. The quantitative estimate of drug-likeness (QED) is 0.206. The molecule has 3 amide bonds. The molecule has 5 aliphatic rings. The number of β-lactam (4-membered cyclic amide) rings is 1. The first-order valence-corrected chi connectivity index (χ1v) is 15.6. The lowest BCUT2D eigenvalue weighted by Crippen LogP contribution is -2.66. The van der Waals surface area contributed by atoms with E-state index in [2.05, 4.69) is 16.0 Å². The molecule has 8 atom stereocenters. The molecule has 0 bridgehead atoms. The lowest BCUT2D eigenvalue weighted by Gasteiger charge is -2.47. The van der Waals surface area contributed by atoms with E-state index in [0.717, 1.165) is 6.42 Å². The maximum Gasteiger partial charge on any atom is 0.353 e. The lowest BCUT2D eigenvalue weighted by molar-refractivity contribution is -0.158. The Morgan fingerprint density at radius 1 is 1.24 bits per heavy atom. The van der Waals surface area contributed by atoms with Crippen molar-refractivity contribution < 1.29 is 32.7 Å². The van der Waals surface area contributed by atoms with Crippen LogP contribution in [-0.2, 0) is 29.0 Å². The number of sulfone groups is 1. The molecule has 5 aliphatic heterocycles. The molecular weight excluding hydrogens is 536 g/mol. The van der Waals surface area contributed by atoms with E-state index in [1.165, 1.54) is 16.7 Å². The van der Waals surface area contributed by atoms with Gasteiger partial charge in [0, 0.05) is 47.8 Å². The van der Waals surface area contributed by atoms with Crippen LogP contribution >= 0.6 is 11.8 Å². The van der Waals surface area contributed by atoms with E-state index >= 15 is 0 Å². The molecule has 0 aromatic rings. The van der Waals surface area contributed by atoms with Crippen molar-refractivity contribution in [2.45, 2.75) is 62.1 Å². The van der Waals surface area contributed by atoms with Crippen molar-refractivity contribution in [3.63, 3.8) is 0 Å². The van der Waals surface area contributed by atoms with Gasteiger partial charge in [-0.15, -0.1) is 11.8 Å². The minimum absolute atomic E-state index is 0.00204. The molecular formula is C23H34N6O7S2. The van der Waals surface area contributed by atoms with Crippen molar-refractivity contribution in [3.05, 3.63) is 10.6 Å². The molecule has 0 aliphatic carbocycles. The smallest absolute Gasteiger partial charge is 0.353 e. The Hall–Kier alpha value is -2.20. The Kier molecular flexibility index (Phi) is 7.26. The number of thioether (sulfide) groups is 1. The third-order valence-electron chi connectivity index (χ3n) is 8.21. The summed E-state index contributed by atoms with van der Waals surface area (Å²) in [6.07, 6.45) is 1.33. The molecule has 0 unspecified atom stereocenters. The maximum atomic E-state index is 13.1. The first kappa shape index (κ1) is 27.4. The highest BCUT2D eigenvalue weighted by atomic mass is 32.2. The molecule has 210 valence electrons. The third-order valence-corrected chi connectivity index (χ3v) is 11.2. The number of hydrogen-bond acceptors (Lipinski definition) is 10. The fraction of sp³-hybridized carbons (Fsp3) is 0.739. The second-order valence-electron chi connectivity index (χ2n) is 10.9. The number of rotatable bonds is 7. The van der Waals surface area contributed by atoms with Gasteiger partial charge in [0.05, 0.1) is 29.6 Å². The Bertz CT molecular complexity index is 1190. The fourth-order valence-corrected chi connectivity index (χ4v) is 9.08. The fourth-order valence-electron chi connectivity index (χ4n) is 6.25. The summed E-state index contributed by atoms with van der Waals surface area (Å²) in [4.78, 5) is 54.6. The molecule has 0 aromatic carbocycles. The van der Waals surface area contributed by atoms with E-state index in [0.29, 0.717) is 31.0 Å². The number of carboxylic acid groups (broad SMARTS) is 1. The van der Waals surface area contributed by atoms with Crippen LogP contribution in [0.2, 0.25) is 0 Å². The summed E-state index contributed by atoms with van der Waals surface area (Å²) in [5.41, 5.74) is 5.91. The van der Waals surface area contributed by atoms with Crippen molar-refractivity contribution >= 4 is 45.3 Å². The van der Waals surface area contributed by atoms with Crippen LogP contribution in [-0.4, -0.2) is 114 Å². The van der Waals surface area contributed by atoms with Gasteiger partial charge in [-0.05, 0) is 19.8 Å². The van der Waals surface area contributed by atoms with Gasteiger partial charge in [-0.1, -0.05) is 6.92 Å². The zero-order chi connectivity index (χ0) is 27.5. The minimum Gasteiger partial charge on any atom is -0.477 e. The number of carboxylic acids is 1. The zero-order valence-electron chi connectivity index (χ0n) is 21.3. The van der Waals surface area contributed by atoms with Crippen molar-refractivity contribution in [3.8, 4) is 0 Å². The van der Waals surface area contributed by atoms with E-state index < -0.39 is 45.8 Å². The molecule has 0 saturated carbocycles. The lowest BCUT2D eigenvalue weighted by atomic mass is 9.78. The molecule has 6 N–H and O–H groups in total. The number of nitrogens with two attached hydrogens (primary N) is 1. The summed E-state index contributed by atoms with van der Waals surface area (Å²) in [5.74, 6) is -3.52. The van der Waals surface area contributed by atoms with Gasteiger partial charge in [0.2, 0.25) is 17.7 Å². The van der Waals surface area contributed by atoms with Crippen LogP contribution in [0, 0.1) is 11.8 Å². The van der Waals surface area contributed by atoms with Gasteiger partial charge in [0.1, 0.15) is 11.7 Å². The summed E-state index contributed by atoms with van der Waals surface area (Å²) >= 11 is 1.40. The normalized spacial score (nSPS) is 36.8. The second-order valence-corrected chi connectivity index (χ2v) is 14.4. The van der Waals surface area contributed by atoms with Gasteiger partial charge < -0.3 is 31.3 Å². The van der Waals surface area contributed by atoms with Gasteiger partial charge in [0.25, 0.3) is 0 Å². The summed E-state index contributed by atoms with van der Waals surface area (Å²) < 4.78 is 23.4.